The van der Waals surface area contributed by atoms with Gasteiger partial charge in [0.2, 0.25) is 5.91 Å². The highest BCUT2D eigenvalue weighted by molar-refractivity contribution is 6.02. The average Bonchev–Trinajstić information content (AvgIpc) is 2.67. The summed E-state index contributed by atoms with van der Waals surface area (Å²) >= 11 is 0. The van der Waals surface area contributed by atoms with Crippen LogP contribution in [-0.4, -0.2) is 55.2 Å². The standard InChI is InChI=1S/C19H26N2O5/c1-4-17(23)21(16-8-6-5-7-9-16)19(18(24)25-3)10-12-20(13-11-19)14-26-15(2)22/h5-9H,4,10-14H2,1-3H3. The highest BCUT2D eigenvalue weighted by Gasteiger charge is 2.49. The van der Waals surface area contributed by atoms with Crippen LogP contribution in [0.25, 0.3) is 0 Å². The molecule has 7 nitrogen and oxygen atoms in total. The van der Waals surface area contributed by atoms with Crippen molar-refractivity contribution < 1.29 is 23.9 Å². The molecule has 0 aliphatic carbocycles. The molecule has 1 aromatic rings. The Morgan fingerprint density at radius 1 is 1.15 bits per heavy atom. The molecule has 1 aromatic carbocycles. The Labute approximate surface area is 153 Å². The second kappa shape index (κ2) is 8.80. The number of amides is 1. The number of benzene rings is 1. The lowest BCUT2D eigenvalue weighted by atomic mass is 9.84. The molecule has 7 heteroatoms. The van der Waals surface area contributed by atoms with Gasteiger partial charge in [-0.2, -0.15) is 0 Å². The fourth-order valence-corrected chi connectivity index (χ4v) is 3.31. The smallest absolute Gasteiger partial charge is 0.332 e. The molecule has 0 atom stereocenters. The van der Waals surface area contributed by atoms with E-state index in [1.54, 1.807) is 11.8 Å². The van der Waals surface area contributed by atoms with Gasteiger partial charge in [0.15, 0.2) is 0 Å². The van der Waals surface area contributed by atoms with Gasteiger partial charge in [0, 0.05) is 32.1 Å². The number of carbonyl (C=O) groups excluding carboxylic acids is 3. The van der Waals surface area contributed by atoms with Gasteiger partial charge in [0.1, 0.15) is 12.3 Å². The Hall–Kier alpha value is -2.41. The van der Waals surface area contributed by atoms with Gasteiger partial charge in [-0.25, -0.2) is 4.79 Å². The van der Waals surface area contributed by atoms with Gasteiger partial charge >= 0.3 is 11.9 Å². The number of methoxy groups -OCH3 is 1. The Morgan fingerprint density at radius 3 is 2.27 bits per heavy atom. The number of hydrogen-bond acceptors (Lipinski definition) is 6. The van der Waals surface area contributed by atoms with Crippen LogP contribution in [0.4, 0.5) is 5.69 Å². The summed E-state index contributed by atoms with van der Waals surface area (Å²) < 4.78 is 10.1. The zero-order valence-corrected chi connectivity index (χ0v) is 15.6. The van der Waals surface area contributed by atoms with E-state index in [1.165, 1.54) is 14.0 Å². The Morgan fingerprint density at radius 2 is 1.77 bits per heavy atom. The summed E-state index contributed by atoms with van der Waals surface area (Å²) in [6.07, 6.45) is 1.09. The van der Waals surface area contributed by atoms with E-state index in [-0.39, 0.29) is 25.0 Å². The molecule has 1 amide bonds. The third-order valence-corrected chi connectivity index (χ3v) is 4.69. The van der Waals surface area contributed by atoms with Gasteiger partial charge < -0.3 is 9.47 Å². The molecule has 0 N–H and O–H groups in total. The number of esters is 2. The lowest BCUT2D eigenvalue weighted by Crippen LogP contribution is -2.62. The van der Waals surface area contributed by atoms with Gasteiger partial charge in [0.05, 0.1) is 7.11 Å². The second-order valence-corrected chi connectivity index (χ2v) is 6.32. The van der Waals surface area contributed by atoms with E-state index in [9.17, 15) is 14.4 Å². The first-order valence-electron chi connectivity index (χ1n) is 8.77. The van der Waals surface area contributed by atoms with Crippen molar-refractivity contribution >= 4 is 23.5 Å². The molecule has 0 aromatic heterocycles. The number of likely N-dealkylation sites (tertiary alicyclic amines) is 1. The van der Waals surface area contributed by atoms with Crippen LogP contribution in [0.3, 0.4) is 0 Å². The zero-order chi connectivity index (χ0) is 19.2. The molecule has 0 saturated carbocycles. The van der Waals surface area contributed by atoms with E-state index < -0.39 is 11.5 Å². The molecule has 1 heterocycles. The largest absolute Gasteiger partial charge is 0.467 e. The van der Waals surface area contributed by atoms with Crippen LogP contribution < -0.4 is 4.90 Å². The van der Waals surface area contributed by atoms with E-state index in [0.717, 1.165) is 0 Å². The lowest BCUT2D eigenvalue weighted by molar-refractivity contribution is -0.154. The van der Waals surface area contributed by atoms with Crippen LogP contribution in [0.5, 0.6) is 0 Å². The van der Waals surface area contributed by atoms with E-state index in [1.807, 2.05) is 35.2 Å². The number of hydrogen-bond donors (Lipinski definition) is 0. The van der Waals surface area contributed by atoms with Crippen molar-refractivity contribution in [2.75, 3.05) is 31.8 Å². The van der Waals surface area contributed by atoms with Gasteiger partial charge in [-0.3, -0.25) is 19.4 Å². The molecule has 0 bridgehead atoms. The van der Waals surface area contributed by atoms with Crippen LogP contribution in [-0.2, 0) is 23.9 Å². The third kappa shape index (κ3) is 4.22. The SMILES string of the molecule is CCC(=O)N(c1ccccc1)C1(C(=O)OC)CCN(COC(C)=O)CC1. The highest BCUT2D eigenvalue weighted by Crippen LogP contribution is 2.35. The Balaban J connectivity index is 2.32. The summed E-state index contributed by atoms with van der Waals surface area (Å²) in [7, 11) is 1.34. The predicted molar refractivity (Wildman–Crippen MR) is 96.4 cm³/mol. The maximum Gasteiger partial charge on any atom is 0.332 e. The van der Waals surface area contributed by atoms with Crippen molar-refractivity contribution in [1.82, 2.24) is 4.90 Å². The van der Waals surface area contributed by atoms with Crippen LogP contribution in [0.15, 0.2) is 30.3 Å². The van der Waals surface area contributed by atoms with Crippen molar-refractivity contribution in [3.05, 3.63) is 30.3 Å². The Kier molecular flexibility index (Phi) is 6.74. The minimum Gasteiger partial charge on any atom is -0.467 e. The molecule has 142 valence electrons. The predicted octanol–water partition coefficient (Wildman–Crippen LogP) is 1.96. The molecule has 26 heavy (non-hydrogen) atoms. The maximum absolute atomic E-state index is 12.8. The quantitative estimate of drug-likeness (QED) is 0.720. The molecule has 1 saturated heterocycles. The van der Waals surface area contributed by atoms with Crippen molar-refractivity contribution in [3.8, 4) is 0 Å². The molecule has 2 rings (SSSR count). The van der Waals surface area contributed by atoms with Crippen LogP contribution >= 0.6 is 0 Å². The van der Waals surface area contributed by atoms with Crippen molar-refractivity contribution in [3.63, 3.8) is 0 Å². The highest BCUT2D eigenvalue weighted by atomic mass is 16.5. The van der Waals surface area contributed by atoms with Crippen LogP contribution in [0.1, 0.15) is 33.1 Å². The summed E-state index contributed by atoms with van der Waals surface area (Å²) in [5.74, 6) is -0.896. The molecule has 0 radical (unpaired) electrons. The zero-order valence-electron chi connectivity index (χ0n) is 15.6. The lowest BCUT2D eigenvalue weighted by Gasteiger charge is -2.46. The second-order valence-electron chi connectivity index (χ2n) is 6.32. The fraction of sp³-hybridized carbons (Fsp3) is 0.526. The molecule has 1 aliphatic rings. The van der Waals surface area contributed by atoms with Crippen molar-refractivity contribution in [2.24, 2.45) is 0 Å². The van der Waals surface area contributed by atoms with Gasteiger partial charge in [0.25, 0.3) is 0 Å². The number of anilines is 1. The summed E-state index contributed by atoms with van der Waals surface area (Å²) in [5, 5.41) is 0. The van der Waals surface area contributed by atoms with Gasteiger partial charge in [-0.15, -0.1) is 0 Å². The molecular weight excluding hydrogens is 336 g/mol. The van der Waals surface area contributed by atoms with Crippen LogP contribution in [0.2, 0.25) is 0 Å². The fourth-order valence-electron chi connectivity index (χ4n) is 3.31. The maximum atomic E-state index is 12.8. The van der Waals surface area contributed by atoms with Gasteiger partial charge in [-0.1, -0.05) is 25.1 Å². The average molecular weight is 362 g/mol. The molecule has 1 aliphatic heterocycles. The first-order valence-corrected chi connectivity index (χ1v) is 8.77. The molecule has 0 spiro atoms. The van der Waals surface area contributed by atoms with Crippen molar-refractivity contribution in [2.45, 2.75) is 38.6 Å². The van der Waals surface area contributed by atoms with Crippen LogP contribution in [0, 0.1) is 0 Å². The van der Waals surface area contributed by atoms with E-state index in [0.29, 0.717) is 31.6 Å². The summed E-state index contributed by atoms with van der Waals surface area (Å²) in [5.41, 5.74) is -0.381. The third-order valence-electron chi connectivity index (χ3n) is 4.69. The minimum absolute atomic E-state index is 0.130. The molecule has 0 unspecified atom stereocenters. The summed E-state index contributed by atoms with van der Waals surface area (Å²) in [6.45, 7) is 4.35. The number of nitrogens with zero attached hydrogens (tertiary/aromatic N) is 2. The number of piperidine rings is 1. The molecular formula is C19H26N2O5. The van der Waals surface area contributed by atoms with Gasteiger partial charge in [-0.05, 0) is 25.0 Å². The van der Waals surface area contributed by atoms with E-state index >= 15 is 0 Å². The number of para-hydroxylation sites is 1. The van der Waals surface area contributed by atoms with E-state index in [4.69, 9.17) is 9.47 Å². The monoisotopic (exact) mass is 362 g/mol. The topological polar surface area (TPSA) is 76.2 Å². The first-order chi connectivity index (χ1) is 12.4. The number of ether oxygens (including phenoxy) is 2. The summed E-state index contributed by atoms with van der Waals surface area (Å²) in [6, 6.07) is 9.19. The Bertz CT molecular complexity index is 639. The number of rotatable bonds is 6. The molecule has 1 fully saturated rings. The van der Waals surface area contributed by atoms with E-state index in [2.05, 4.69) is 0 Å². The number of carbonyl (C=O) groups is 3. The first kappa shape index (κ1) is 19.9. The van der Waals surface area contributed by atoms with Crippen molar-refractivity contribution in [1.29, 1.82) is 0 Å². The summed E-state index contributed by atoms with van der Waals surface area (Å²) in [4.78, 5) is 40.1. The minimum atomic E-state index is -1.06. The normalized spacial score (nSPS) is 16.6.